The minimum absolute atomic E-state index is 0.00324. The van der Waals surface area contributed by atoms with Gasteiger partial charge in [-0.2, -0.15) is 0 Å². The van der Waals surface area contributed by atoms with Crippen molar-refractivity contribution in [2.24, 2.45) is 5.92 Å². The summed E-state index contributed by atoms with van der Waals surface area (Å²) in [5.74, 6) is 0.451. The SMILES string of the molecule is COC(=O)c1ccc(CNC(=O)C2CCN(c3nc(C)cc(C)n3)CC2)cc1. The first-order chi connectivity index (χ1) is 13.5. The smallest absolute Gasteiger partial charge is 0.337 e. The second kappa shape index (κ2) is 8.82. The first kappa shape index (κ1) is 19.8. The molecular weight excluding hydrogens is 356 g/mol. The lowest BCUT2D eigenvalue weighted by atomic mass is 9.96. The van der Waals surface area contributed by atoms with Crippen LogP contribution in [0.1, 0.15) is 40.2 Å². The zero-order chi connectivity index (χ0) is 20.1. The number of carbonyl (C=O) groups is 2. The second-order valence-corrected chi connectivity index (χ2v) is 7.12. The molecule has 1 N–H and O–H groups in total. The molecular formula is C21H26N4O3. The van der Waals surface area contributed by atoms with Crippen molar-refractivity contribution >= 4 is 17.8 Å². The van der Waals surface area contributed by atoms with Crippen LogP contribution in [0.25, 0.3) is 0 Å². The Morgan fingerprint density at radius 1 is 1.11 bits per heavy atom. The van der Waals surface area contributed by atoms with Gasteiger partial charge in [0.25, 0.3) is 0 Å². The third-order valence-electron chi connectivity index (χ3n) is 4.96. The van der Waals surface area contributed by atoms with Gasteiger partial charge in [0, 0.05) is 36.9 Å². The van der Waals surface area contributed by atoms with Crippen LogP contribution < -0.4 is 10.2 Å². The van der Waals surface area contributed by atoms with E-state index in [0.717, 1.165) is 48.8 Å². The molecule has 0 bridgehead atoms. The summed E-state index contributed by atoms with van der Waals surface area (Å²) in [4.78, 5) is 35.1. The summed E-state index contributed by atoms with van der Waals surface area (Å²) >= 11 is 0. The highest BCUT2D eigenvalue weighted by Crippen LogP contribution is 2.21. The molecule has 148 valence electrons. The van der Waals surface area contributed by atoms with E-state index >= 15 is 0 Å². The van der Waals surface area contributed by atoms with Gasteiger partial charge in [-0.05, 0) is 50.5 Å². The van der Waals surface area contributed by atoms with Gasteiger partial charge in [0.15, 0.2) is 0 Å². The zero-order valence-corrected chi connectivity index (χ0v) is 16.6. The monoisotopic (exact) mass is 382 g/mol. The first-order valence-electron chi connectivity index (χ1n) is 9.48. The molecule has 0 aliphatic carbocycles. The molecule has 1 amide bonds. The summed E-state index contributed by atoms with van der Waals surface area (Å²) in [6.07, 6.45) is 1.56. The number of amides is 1. The number of nitrogens with zero attached hydrogens (tertiary/aromatic N) is 3. The largest absolute Gasteiger partial charge is 0.465 e. The van der Waals surface area contributed by atoms with Crippen LogP contribution in [0.4, 0.5) is 5.95 Å². The topological polar surface area (TPSA) is 84.4 Å². The van der Waals surface area contributed by atoms with Gasteiger partial charge in [-0.15, -0.1) is 0 Å². The van der Waals surface area contributed by atoms with Crippen molar-refractivity contribution in [2.45, 2.75) is 33.2 Å². The molecule has 0 spiro atoms. The summed E-state index contributed by atoms with van der Waals surface area (Å²) in [5.41, 5.74) is 3.36. The van der Waals surface area contributed by atoms with Gasteiger partial charge in [-0.25, -0.2) is 14.8 Å². The summed E-state index contributed by atoms with van der Waals surface area (Å²) in [7, 11) is 1.36. The fourth-order valence-corrected chi connectivity index (χ4v) is 3.40. The summed E-state index contributed by atoms with van der Waals surface area (Å²) in [6, 6.07) is 9.02. The number of aromatic nitrogens is 2. The molecule has 1 saturated heterocycles. The molecule has 1 aliphatic heterocycles. The molecule has 7 nitrogen and oxygen atoms in total. The second-order valence-electron chi connectivity index (χ2n) is 7.12. The molecule has 0 saturated carbocycles. The number of benzene rings is 1. The Morgan fingerprint density at radius 3 is 2.29 bits per heavy atom. The van der Waals surface area contributed by atoms with Crippen LogP contribution >= 0.6 is 0 Å². The molecule has 1 aromatic carbocycles. The van der Waals surface area contributed by atoms with Crippen LogP contribution in [-0.2, 0) is 16.1 Å². The van der Waals surface area contributed by atoms with Crippen molar-refractivity contribution in [1.29, 1.82) is 0 Å². The fraction of sp³-hybridized carbons (Fsp3) is 0.429. The lowest BCUT2D eigenvalue weighted by Crippen LogP contribution is -2.41. The summed E-state index contributed by atoms with van der Waals surface area (Å²) in [5, 5.41) is 3.00. The van der Waals surface area contributed by atoms with Crippen LogP contribution in [0.15, 0.2) is 30.3 Å². The van der Waals surface area contributed by atoms with E-state index in [1.54, 1.807) is 12.1 Å². The van der Waals surface area contributed by atoms with Crippen molar-refractivity contribution in [2.75, 3.05) is 25.1 Å². The zero-order valence-electron chi connectivity index (χ0n) is 16.6. The van der Waals surface area contributed by atoms with E-state index in [1.165, 1.54) is 7.11 Å². The maximum absolute atomic E-state index is 12.5. The number of carbonyl (C=O) groups excluding carboxylic acids is 2. The highest BCUT2D eigenvalue weighted by molar-refractivity contribution is 5.89. The predicted molar refractivity (Wildman–Crippen MR) is 106 cm³/mol. The molecule has 0 unspecified atom stereocenters. The minimum atomic E-state index is -0.366. The highest BCUT2D eigenvalue weighted by Gasteiger charge is 2.26. The Morgan fingerprint density at radius 2 is 1.71 bits per heavy atom. The van der Waals surface area contributed by atoms with Crippen molar-refractivity contribution in [3.8, 4) is 0 Å². The van der Waals surface area contributed by atoms with Gasteiger partial charge in [0.1, 0.15) is 0 Å². The van der Waals surface area contributed by atoms with E-state index in [1.807, 2.05) is 32.0 Å². The van der Waals surface area contributed by atoms with Crippen LogP contribution in [0.2, 0.25) is 0 Å². The number of rotatable bonds is 5. The highest BCUT2D eigenvalue weighted by atomic mass is 16.5. The number of esters is 1. The quantitative estimate of drug-likeness (QED) is 0.800. The number of aryl methyl sites for hydroxylation is 2. The van der Waals surface area contributed by atoms with Crippen molar-refractivity contribution < 1.29 is 14.3 Å². The van der Waals surface area contributed by atoms with Crippen LogP contribution in [0, 0.1) is 19.8 Å². The minimum Gasteiger partial charge on any atom is -0.465 e. The molecule has 2 heterocycles. The maximum atomic E-state index is 12.5. The molecule has 0 radical (unpaired) electrons. The van der Waals surface area contributed by atoms with E-state index in [0.29, 0.717) is 12.1 Å². The number of hydrogen-bond donors (Lipinski definition) is 1. The number of nitrogens with one attached hydrogen (secondary N) is 1. The Kier molecular flexibility index (Phi) is 6.23. The standard InChI is InChI=1S/C21H26N4O3/c1-14-12-15(2)24-21(23-14)25-10-8-17(9-11-25)19(26)22-13-16-4-6-18(7-5-16)20(27)28-3/h4-7,12,17H,8-11,13H2,1-3H3,(H,22,26). The first-order valence-corrected chi connectivity index (χ1v) is 9.48. The lowest BCUT2D eigenvalue weighted by Gasteiger charge is -2.31. The predicted octanol–water partition coefficient (Wildman–Crippen LogP) is 2.41. The van der Waals surface area contributed by atoms with Crippen molar-refractivity contribution in [3.63, 3.8) is 0 Å². The Hall–Kier alpha value is -2.96. The van der Waals surface area contributed by atoms with Crippen LogP contribution in [-0.4, -0.2) is 42.0 Å². The molecule has 28 heavy (non-hydrogen) atoms. The van der Waals surface area contributed by atoms with E-state index < -0.39 is 0 Å². The Bertz CT molecular complexity index is 823. The summed E-state index contributed by atoms with van der Waals surface area (Å²) < 4.78 is 4.69. The average molecular weight is 382 g/mol. The average Bonchev–Trinajstić information content (AvgIpc) is 2.71. The molecule has 1 aliphatic rings. The molecule has 1 fully saturated rings. The molecule has 3 rings (SSSR count). The Balaban J connectivity index is 1.49. The Labute approximate surface area is 165 Å². The van der Waals surface area contributed by atoms with E-state index in [-0.39, 0.29) is 17.8 Å². The maximum Gasteiger partial charge on any atom is 0.337 e. The van der Waals surface area contributed by atoms with E-state index in [9.17, 15) is 9.59 Å². The fourth-order valence-electron chi connectivity index (χ4n) is 3.40. The number of anilines is 1. The molecule has 1 aromatic heterocycles. The number of methoxy groups -OCH3 is 1. The normalized spacial score (nSPS) is 14.6. The number of piperidine rings is 1. The van der Waals surface area contributed by atoms with Crippen molar-refractivity contribution in [1.82, 2.24) is 15.3 Å². The number of ether oxygens (including phenoxy) is 1. The van der Waals surface area contributed by atoms with E-state index in [2.05, 4.69) is 24.9 Å². The lowest BCUT2D eigenvalue weighted by molar-refractivity contribution is -0.125. The van der Waals surface area contributed by atoms with Gasteiger partial charge in [0.2, 0.25) is 11.9 Å². The molecule has 7 heteroatoms. The summed E-state index contributed by atoms with van der Waals surface area (Å²) in [6.45, 7) is 5.93. The van der Waals surface area contributed by atoms with Gasteiger partial charge in [-0.1, -0.05) is 12.1 Å². The third kappa shape index (κ3) is 4.85. The number of hydrogen-bond acceptors (Lipinski definition) is 6. The van der Waals surface area contributed by atoms with E-state index in [4.69, 9.17) is 0 Å². The van der Waals surface area contributed by atoms with Crippen LogP contribution in [0.3, 0.4) is 0 Å². The van der Waals surface area contributed by atoms with Crippen LogP contribution in [0.5, 0.6) is 0 Å². The molecule has 0 atom stereocenters. The van der Waals surface area contributed by atoms with Crippen molar-refractivity contribution in [3.05, 3.63) is 52.8 Å². The van der Waals surface area contributed by atoms with Gasteiger partial charge in [-0.3, -0.25) is 4.79 Å². The molecule has 2 aromatic rings. The van der Waals surface area contributed by atoms with Gasteiger partial charge < -0.3 is 15.0 Å². The third-order valence-corrected chi connectivity index (χ3v) is 4.96. The van der Waals surface area contributed by atoms with Gasteiger partial charge >= 0.3 is 5.97 Å². The van der Waals surface area contributed by atoms with Gasteiger partial charge in [0.05, 0.1) is 12.7 Å².